The fourth-order valence-corrected chi connectivity index (χ4v) is 2.29. The number of benzene rings is 1. The van der Waals surface area contributed by atoms with Crippen molar-refractivity contribution < 1.29 is 13.9 Å². The second-order valence-corrected chi connectivity index (χ2v) is 5.66. The molecule has 1 aromatic carbocycles. The molecular formula is C19H25FN4O2. The van der Waals surface area contributed by atoms with Gasteiger partial charge in [-0.1, -0.05) is 12.1 Å². The SMILES string of the molecule is CN=C(NCc1ccc(C)cc1OCCOC)NCc1ncccc1F. The highest BCUT2D eigenvalue weighted by molar-refractivity contribution is 5.79. The molecule has 26 heavy (non-hydrogen) atoms. The summed E-state index contributed by atoms with van der Waals surface area (Å²) in [6, 6.07) is 8.98. The maximum absolute atomic E-state index is 13.6. The van der Waals surface area contributed by atoms with Gasteiger partial charge in [0.25, 0.3) is 0 Å². The smallest absolute Gasteiger partial charge is 0.191 e. The van der Waals surface area contributed by atoms with E-state index in [1.165, 1.54) is 6.07 Å². The molecule has 0 atom stereocenters. The molecule has 0 radical (unpaired) electrons. The van der Waals surface area contributed by atoms with E-state index in [1.54, 1.807) is 26.4 Å². The molecule has 7 heteroatoms. The Labute approximate surface area is 153 Å². The zero-order valence-electron chi connectivity index (χ0n) is 15.4. The van der Waals surface area contributed by atoms with Gasteiger partial charge in [-0.2, -0.15) is 0 Å². The van der Waals surface area contributed by atoms with Gasteiger partial charge in [-0.05, 0) is 30.7 Å². The van der Waals surface area contributed by atoms with Crippen molar-refractivity contribution in [3.05, 3.63) is 59.2 Å². The Morgan fingerprint density at radius 1 is 1.19 bits per heavy atom. The molecular weight excluding hydrogens is 335 g/mol. The summed E-state index contributed by atoms with van der Waals surface area (Å²) in [6.07, 6.45) is 1.56. The quantitative estimate of drug-likeness (QED) is 0.430. The Morgan fingerprint density at radius 2 is 2.00 bits per heavy atom. The number of hydrogen-bond donors (Lipinski definition) is 2. The van der Waals surface area contributed by atoms with E-state index in [4.69, 9.17) is 9.47 Å². The molecule has 0 aliphatic heterocycles. The molecule has 0 spiro atoms. The van der Waals surface area contributed by atoms with E-state index in [0.717, 1.165) is 16.9 Å². The fraction of sp³-hybridized carbons (Fsp3) is 0.368. The topological polar surface area (TPSA) is 67.8 Å². The number of ether oxygens (including phenoxy) is 2. The van der Waals surface area contributed by atoms with Crippen molar-refractivity contribution in [1.29, 1.82) is 0 Å². The minimum atomic E-state index is -0.345. The van der Waals surface area contributed by atoms with Gasteiger partial charge in [0.15, 0.2) is 5.96 Å². The maximum Gasteiger partial charge on any atom is 0.191 e. The van der Waals surface area contributed by atoms with Crippen LogP contribution in [0.2, 0.25) is 0 Å². The van der Waals surface area contributed by atoms with E-state index in [1.807, 2.05) is 25.1 Å². The third kappa shape index (κ3) is 6.00. The normalized spacial score (nSPS) is 11.3. The van der Waals surface area contributed by atoms with Crippen LogP contribution in [0.4, 0.5) is 4.39 Å². The van der Waals surface area contributed by atoms with Crippen molar-refractivity contribution in [2.75, 3.05) is 27.4 Å². The van der Waals surface area contributed by atoms with Gasteiger partial charge in [0.2, 0.25) is 0 Å². The molecule has 2 aromatic rings. The standard InChI is InChI=1S/C19H25FN4O2/c1-14-6-7-15(18(11-14)26-10-9-25-3)12-23-19(21-2)24-13-17-16(20)5-4-8-22-17/h4-8,11H,9-10,12-13H2,1-3H3,(H2,21,23,24). The second kappa shape index (κ2) is 10.4. The van der Waals surface area contributed by atoms with Gasteiger partial charge in [0, 0.05) is 32.5 Å². The molecule has 0 fully saturated rings. The molecule has 2 rings (SSSR count). The lowest BCUT2D eigenvalue weighted by atomic mass is 10.1. The molecule has 0 aliphatic rings. The number of halogens is 1. The highest BCUT2D eigenvalue weighted by atomic mass is 19.1. The molecule has 0 unspecified atom stereocenters. The average molecular weight is 360 g/mol. The summed E-state index contributed by atoms with van der Waals surface area (Å²) >= 11 is 0. The van der Waals surface area contributed by atoms with E-state index in [0.29, 0.717) is 31.4 Å². The first-order valence-corrected chi connectivity index (χ1v) is 8.39. The van der Waals surface area contributed by atoms with Gasteiger partial charge in [-0.3, -0.25) is 9.98 Å². The third-order valence-electron chi connectivity index (χ3n) is 3.70. The lowest BCUT2D eigenvalue weighted by Gasteiger charge is -2.15. The van der Waals surface area contributed by atoms with Crippen LogP contribution < -0.4 is 15.4 Å². The zero-order chi connectivity index (χ0) is 18.8. The summed E-state index contributed by atoms with van der Waals surface area (Å²) in [6.45, 7) is 3.80. The first-order chi connectivity index (χ1) is 12.6. The third-order valence-corrected chi connectivity index (χ3v) is 3.70. The lowest BCUT2D eigenvalue weighted by Crippen LogP contribution is -2.36. The largest absolute Gasteiger partial charge is 0.491 e. The van der Waals surface area contributed by atoms with Crippen LogP contribution in [0.1, 0.15) is 16.8 Å². The van der Waals surface area contributed by atoms with E-state index in [2.05, 4.69) is 20.6 Å². The molecule has 1 aromatic heterocycles. The predicted molar refractivity (Wildman–Crippen MR) is 99.8 cm³/mol. The molecule has 2 N–H and O–H groups in total. The molecule has 140 valence electrons. The minimum absolute atomic E-state index is 0.247. The van der Waals surface area contributed by atoms with Crippen molar-refractivity contribution in [2.45, 2.75) is 20.0 Å². The van der Waals surface area contributed by atoms with Crippen molar-refractivity contribution in [3.8, 4) is 5.75 Å². The molecule has 0 saturated carbocycles. The van der Waals surface area contributed by atoms with Gasteiger partial charge < -0.3 is 20.1 Å². The molecule has 6 nitrogen and oxygen atoms in total. The summed E-state index contributed by atoms with van der Waals surface area (Å²) in [5.74, 6) is 1.02. The van der Waals surface area contributed by atoms with Crippen LogP contribution in [0.15, 0.2) is 41.5 Å². The molecule has 0 amide bonds. The van der Waals surface area contributed by atoms with E-state index < -0.39 is 0 Å². The minimum Gasteiger partial charge on any atom is -0.491 e. The van der Waals surface area contributed by atoms with Crippen LogP contribution in [0.25, 0.3) is 0 Å². The number of aliphatic imine (C=N–C) groups is 1. The van der Waals surface area contributed by atoms with Gasteiger partial charge in [-0.25, -0.2) is 4.39 Å². The van der Waals surface area contributed by atoms with Crippen molar-refractivity contribution >= 4 is 5.96 Å². The Hall–Kier alpha value is -2.67. The van der Waals surface area contributed by atoms with E-state index in [9.17, 15) is 4.39 Å². The number of methoxy groups -OCH3 is 1. The van der Waals surface area contributed by atoms with Crippen molar-refractivity contribution in [2.24, 2.45) is 4.99 Å². The van der Waals surface area contributed by atoms with Crippen LogP contribution in [-0.2, 0) is 17.8 Å². The van der Waals surface area contributed by atoms with Gasteiger partial charge >= 0.3 is 0 Å². The number of aryl methyl sites for hydroxylation is 1. The molecule has 1 heterocycles. The zero-order valence-corrected chi connectivity index (χ0v) is 15.4. The van der Waals surface area contributed by atoms with Gasteiger partial charge in [0.1, 0.15) is 18.2 Å². The van der Waals surface area contributed by atoms with Crippen LogP contribution >= 0.6 is 0 Å². The van der Waals surface area contributed by atoms with Crippen LogP contribution in [0, 0.1) is 12.7 Å². The van der Waals surface area contributed by atoms with Crippen molar-refractivity contribution in [1.82, 2.24) is 15.6 Å². The van der Waals surface area contributed by atoms with Gasteiger partial charge in [-0.15, -0.1) is 0 Å². The Kier molecular flexibility index (Phi) is 7.82. The second-order valence-electron chi connectivity index (χ2n) is 5.66. The van der Waals surface area contributed by atoms with Crippen LogP contribution in [-0.4, -0.2) is 38.3 Å². The van der Waals surface area contributed by atoms with E-state index in [-0.39, 0.29) is 12.4 Å². The Bertz CT molecular complexity index is 737. The fourth-order valence-electron chi connectivity index (χ4n) is 2.29. The van der Waals surface area contributed by atoms with Crippen molar-refractivity contribution in [3.63, 3.8) is 0 Å². The summed E-state index contributed by atoms with van der Waals surface area (Å²) in [5, 5.41) is 6.26. The van der Waals surface area contributed by atoms with Crippen LogP contribution in [0.3, 0.4) is 0 Å². The van der Waals surface area contributed by atoms with Crippen LogP contribution in [0.5, 0.6) is 5.75 Å². The first-order valence-electron chi connectivity index (χ1n) is 8.39. The van der Waals surface area contributed by atoms with E-state index >= 15 is 0 Å². The lowest BCUT2D eigenvalue weighted by molar-refractivity contribution is 0.145. The summed E-state index contributed by atoms with van der Waals surface area (Å²) in [7, 11) is 3.30. The number of guanidine groups is 1. The highest BCUT2D eigenvalue weighted by Gasteiger charge is 2.07. The number of nitrogens with zero attached hydrogens (tertiary/aromatic N) is 2. The number of hydrogen-bond acceptors (Lipinski definition) is 4. The number of nitrogens with one attached hydrogen (secondary N) is 2. The monoisotopic (exact) mass is 360 g/mol. The summed E-state index contributed by atoms with van der Waals surface area (Å²) in [5.41, 5.74) is 2.46. The molecule has 0 bridgehead atoms. The maximum atomic E-state index is 13.6. The number of aromatic nitrogens is 1. The summed E-state index contributed by atoms with van der Waals surface area (Å²) in [4.78, 5) is 8.17. The number of pyridine rings is 1. The first kappa shape index (κ1) is 19.7. The Morgan fingerprint density at radius 3 is 2.73 bits per heavy atom. The van der Waals surface area contributed by atoms with Gasteiger partial charge in [0.05, 0.1) is 18.8 Å². The Balaban J connectivity index is 1.94. The molecule has 0 saturated heterocycles. The predicted octanol–water partition coefficient (Wildman–Crippen LogP) is 2.42. The molecule has 0 aliphatic carbocycles. The average Bonchev–Trinajstić information content (AvgIpc) is 2.64. The number of rotatable bonds is 8. The summed E-state index contributed by atoms with van der Waals surface area (Å²) < 4.78 is 24.5. The highest BCUT2D eigenvalue weighted by Crippen LogP contribution is 2.20.